The van der Waals surface area contributed by atoms with Crippen molar-refractivity contribution in [2.75, 3.05) is 0 Å². The molecule has 0 bridgehead atoms. The highest BCUT2D eigenvalue weighted by molar-refractivity contribution is 6.31. The van der Waals surface area contributed by atoms with E-state index in [9.17, 15) is 4.39 Å². The second kappa shape index (κ2) is 5.48. The molecule has 0 fully saturated rings. The highest BCUT2D eigenvalue weighted by Crippen LogP contribution is 2.31. The Kier molecular flexibility index (Phi) is 4.50. The van der Waals surface area contributed by atoms with Gasteiger partial charge in [0, 0.05) is 11.1 Å². The summed E-state index contributed by atoms with van der Waals surface area (Å²) in [7, 11) is 0. The van der Waals surface area contributed by atoms with Crippen molar-refractivity contribution in [3.8, 4) is 6.07 Å². The van der Waals surface area contributed by atoms with Gasteiger partial charge in [-0.15, -0.1) is 0 Å². The third-order valence-corrected chi connectivity index (χ3v) is 3.22. The van der Waals surface area contributed by atoms with E-state index in [-0.39, 0.29) is 17.7 Å². The minimum absolute atomic E-state index is 0.0930. The molecule has 1 aromatic carbocycles. The average molecular weight is 255 g/mol. The Labute approximate surface area is 106 Å². The topological polar surface area (TPSA) is 49.8 Å². The maximum Gasteiger partial charge on any atom is 0.126 e. The summed E-state index contributed by atoms with van der Waals surface area (Å²) in [6, 6.07) is 4.46. The molecule has 0 aliphatic rings. The molecule has 92 valence electrons. The number of hydrogen-bond acceptors (Lipinski definition) is 2. The number of nitriles is 1. The van der Waals surface area contributed by atoms with E-state index < -0.39 is 6.04 Å². The second-order valence-electron chi connectivity index (χ2n) is 4.55. The fourth-order valence-electron chi connectivity index (χ4n) is 1.75. The molecule has 1 aromatic rings. The molecular formula is C13H16ClFN2. The van der Waals surface area contributed by atoms with Gasteiger partial charge in [0.1, 0.15) is 5.82 Å². The van der Waals surface area contributed by atoms with Crippen LogP contribution in [-0.2, 0) is 0 Å². The SMILES string of the molecule is Cc1cc(Cl)c(C(N)C(C#N)C(C)C)cc1F. The highest BCUT2D eigenvalue weighted by Gasteiger charge is 2.25. The van der Waals surface area contributed by atoms with Gasteiger partial charge in [0.05, 0.1) is 12.0 Å². The van der Waals surface area contributed by atoms with Gasteiger partial charge >= 0.3 is 0 Å². The Morgan fingerprint density at radius 3 is 2.47 bits per heavy atom. The molecule has 0 saturated heterocycles. The number of halogens is 2. The fraction of sp³-hybridized carbons (Fsp3) is 0.462. The highest BCUT2D eigenvalue weighted by atomic mass is 35.5. The van der Waals surface area contributed by atoms with Crippen LogP contribution in [0.2, 0.25) is 5.02 Å². The van der Waals surface area contributed by atoms with E-state index >= 15 is 0 Å². The monoisotopic (exact) mass is 254 g/mol. The zero-order valence-electron chi connectivity index (χ0n) is 10.2. The van der Waals surface area contributed by atoms with Crippen LogP contribution in [0.15, 0.2) is 12.1 Å². The van der Waals surface area contributed by atoms with E-state index in [1.807, 2.05) is 13.8 Å². The van der Waals surface area contributed by atoms with Crippen LogP contribution >= 0.6 is 11.6 Å². The molecule has 0 aliphatic heterocycles. The lowest BCUT2D eigenvalue weighted by molar-refractivity contribution is 0.402. The molecular weight excluding hydrogens is 239 g/mol. The van der Waals surface area contributed by atoms with Crippen molar-refractivity contribution < 1.29 is 4.39 Å². The van der Waals surface area contributed by atoms with E-state index in [1.54, 1.807) is 13.0 Å². The Hall–Kier alpha value is -1.11. The summed E-state index contributed by atoms with van der Waals surface area (Å²) in [5.41, 5.74) is 6.97. The van der Waals surface area contributed by atoms with Gasteiger partial charge in [0.2, 0.25) is 0 Å². The van der Waals surface area contributed by atoms with Gasteiger partial charge in [0.15, 0.2) is 0 Å². The smallest absolute Gasteiger partial charge is 0.126 e. The lowest BCUT2D eigenvalue weighted by Gasteiger charge is -2.22. The molecule has 0 aliphatic carbocycles. The summed E-state index contributed by atoms with van der Waals surface area (Å²) in [5.74, 6) is -0.634. The molecule has 2 atom stereocenters. The quantitative estimate of drug-likeness (QED) is 0.896. The molecule has 17 heavy (non-hydrogen) atoms. The second-order valence-corrected chi connectivity index (χ2v) is 4.95. The molecule has 2 nitrogen and oxygen atoms in total. The van der Waals surface area contributed by atoms with Crippen LogP contribution in [0.4, 0.5) is 4.39 Å². The zero-order chi connectivity index (χ0) is 13.2. The number of rotatable bonds is 3. The predicted octanol–water partition coefficient (Wildman–Crippen LogP) is 3.58. The van der Waals surface area contributed by atoms with Crippen molar-refractivity contribution in [1.29, 1.82) is 5.26 Å². The summed E-state index contributed by atoms with van der Waals surface area (Å²) in [6.07, 6.45) is 0. The van der Waals surface area contributed by atoms with Gasteiger partial charge in [-0.05, 0) is 36.1 Å². The number of nitrogens with zero attached hydrogens (tertiary/aromatic N) is 1. The summed E-state index contributed by atoms with van der Waals surface area (Å²) in [4.78, 5) is 0. The van der Waals surface area contributed by atoms with Gasteiger partial charge in [-0.25, -0.2) is 4.39 Å². The van der Waals surface area contributed by atoms with Crippen molar-refractivity contribution >= 4 is 11.6 Å². The molecule has 0 spiro atoms. The molecule has 0 aromatic heterocycles. The van der Waals surface area contributed by atoms with E-state index in [1.165, 1.54) is 6.07 Å². The first-order chi connectivity index (χ1) is 7.88. The van der Waals surface area contributed by atoms with Crippen molar-refractivity contribution in [3.63, 3.8) is 0 Å². The molecule has 2 unspecified atom stereocenters. The van der Waals surface area contributed by atoms with Crippen LogP contribution in [0.3, 0.4) is 0 Å². The van der Waals surface area contributed by atoms with Gasteiger partial charge in [-0.2, -0.15) is 5.26 Å². The van der Waals surface area contributed by atoms with E-state index in [0.717, 1.165) is 0 Å². The average Bonchev–Trinajstić information content (AvgIpc) is 2.23. The van der Waals surface area contributed by atoms with E-state index in [2.05, 4.69) is 6.07 Å². The lowest BCUT2D eigenvalue weighted by atomic mass is 9.86. The first kappa shape index (κ1) is 14.0. The van der Waals surface area contributed by atoms with Gasteiger partial charge < -0.3 is 5.73 Å². The van der Waals surface area contributed by atoms with Crippen molar-refractivity contribution in [2.24, 2.45) is 17.6 Å². The molecule has 0 amide bonds. The van der Waals surface area contributed by atoms with Crippen molar-refractivity contribution in [2.45, 2.75) is 26.8 Å². The molecule has 0 saturated carbocycles. The minimum Gasteiger partial charge on any atom is -0.323 e. The lowest BCUT2D eigenvalue weighted by Crippen LogP contribution is -2.25. The summed E-state index contributed by atoms with van der Waals surface area (Å²) in [5, 5.41) is 9.49. The maximum atomic E-state index is 13.5. The largest absolute Gasteiger partial charge is 0.323 e. The van der Waals surface area contributed by atoms with Crippen LogP contribution in [0.5, 0.6) is 0 Å². The third-order valence-electron chi connectivity index (χ3n) is 2.89. The number of hydrogen-bond donors (Lipinski definition) is 1. The van der Waals surface area contributed by atoms with Crippen molar-refractivity contribution in [3.05, 3.63) is 34.1 Å². The first-order valence-corrected chi connectivity index (χ1v) is 5.87. The zero-order valence-corrected chi connectivity index (χ0v) is 10.9. The van der Waals surface area contributed by atoms with E-state index in [4.69, 9.17) is 22.6 Å². The molecule has 1 rings (SSSR count). The van der Waals surface area contributed by atoms with Crippen LogP contribution in [0, 0.1) is 35.9 Å². The van der Waals surface area contributed by atoms with E-state index in [0.29, 0.717) is 16.1 Å². The summed E-state index contributed by atoms with van der Waals surface area (Å²) in [6.45, 7) is 5.46. The predicted molar refractivity (Wildman–Crippen MR) is 67.0 cm³/mol. The third kappa shape index (κ3) is 2.96. The maximum absolute atomic E-state index is 13.5. The van der Waals surface area contributed by atoms with Crippen LogP contribution < -0.4 is 5.73 Å². The minimum atomic E-state index is -0.567. The Balaban J connectivity index is 3.16. The Morgan fingerprint density at radius 1 is 1.41 bits per heavy atom. The van der Waals surface area contributed by atoms with Gasteiger partial charge in [-0.3, -0.25) is 0 Å². The molecule has 2 N–H and O–H groups in total. The Morgan fingerprint density at radius 2 is 2.00 bits per heavy atom. The van der Waals surface area contributed by atoms with Crippen LogP contribution in [-0.4, -0.2) is 0 Å². The van der Waals surface area contributed by atoms with Crippen LogP contribution in [0.1, 0.15) is 31.0 Å². The number of aryl methyl sites for hydroxylation is 1. The van der Waals surface area contributed by atoms with Gasteiger partial charge in [0.25, 0.3) is 0 Å². The standard InChI is InChI=1S/C13H16ClFN2/c1-7(2)10(6-16)13(17)9-5-12(15)8(3)4-11(9)14/h4-5,7,10,13H,17H2,1-3H3. The normalized spacial score (nSPS) is 14.5. The first-order valence-electron chi connectivity index (χ1n) is 5.49. The molecule has 0 radical (unpaired) electrons. The molecule has 4 heteroatoms. The summed E-state index contributed by atoms with van der Waals surface area (Å²) < 4.78 is 13.5. The fourth-order valence-corrected chi connectivity index (χ4v) is 2.10. The molecule has 0 heterocycles. The summed E-state index contributed by atoms with van der Waals surface area (Å²) >= 11 is 6.05. The number of nitrogens with two attached hydrogens (primary N) is 1. The van der Waals surface area contributed by atoms with Gasteiger partial charge in [-0.1, -0.05) is 25.4 Å². The Bertz CT molecular complexity index is 451. The van der Waals surface area contributed by atoms with Crippen molar-refractivity contribution in [1.82, 2.24) is 0 Å². The van der Waals surface area contributed by atoms with Crippen LogP contribution in [0.25, 0.3) is 0 Å². The number of benzene rings is 1.